The molecule has 3 rings (SSSR count). The number of aryl methyl sites for hydroxylation is 1. The van der Waals surface area contributed by atoms with E-state index in [2.05, 4.69) is 9.88 Å². The first-order valence-corrected chi connectivity index (χ1v) is 9.60. The zero-order valence-electron chi connectivity index (χ0n) is 13.6. The van der Waals surface area contributed by atoms with Crippen molar-refractivity contribution in [3.63, 3.8) is 0 Å². The van der Waals surface area contributed by atoms with Crippen LogP contribution in [0.5, 0.6) is 0 Å². The predicted molar refractivity (Wildman–Crippen MR) is 91.5 cm³/mol. The van der Waals surface area contributed by atoms with E-state index in [0.29, 0.717) is 30.8 Å². The maximum atomic E-state index is 12.5. The summed E-state index contributed by atoms with van der Waals surface area (Å²) >= 11 is 5.82. The Balaban J connectivity index is 1.75. The molecule has 1 aromatic carbocycles. The lowest BCUT2D eigenvalue weighted by Crippen LogP contribution is -2.38. The van der Waals surface area contributed by atoms with Gasteiger partial charge < -0.3 is 9.42 Å². The van der Waals surface area contributed by atoms with E-state index in [-0.39, 0.29) is 10.9 Å². The molecule has 2 aromatic rings. The van der Waals surface area contributed by atoms with Gasteiger partial charge in [-0.15, -0.1) is 0 Å². The summed E-state index contributed by atoms with van der Waals surface area (Å²) in [6, 6.07) is 6.00. The van der Waals surface area contributed by atoms with Crippen LogP contribution in [0.15, 0.2) is 33.7 Å². The van der Waals surface area contributed by atoms with Crippen molar-refractivity contribution in [1.82, 2.24) is 14.8 Å². The minimum atomic E-state index is -3.57. The molecular weight excluding hydrogens is 350 g/mol. The molecule has 0 spiro atoms. The second-order valence-electron chi connectivity index (χ2n) is 6.28. The zero-order chi connectivity index (χ0) is 17.3. The summed E-state index contributed by atoms with van der Waals surface area (Å²) in [4.78, 5) is 2.23. The van der Waals surface area contributed by atoms with E-state index in [1.807, 2.05) is 19.0 Å². The summed E-state index contributed by atoms with van der Waals surface area (Å²) < 4.78 is 33.2. The molecule has 0 saturated carbocycles. The lowest BCUT2D eigenvalue weighted by molar-refractivity contribution is 0.343. The van der Waals surface area contributed by atoms with Crippen molar-refractivity contribution in [3.05, 3.63) is 46.3 Å². The van der Waals surface area contributed by atoms with E-state index in [1.165, 1.54) is 12.1 Å². The minimum absolute atomic E-state index is 0.168. The summed E-state index contributed by atoms with van der Waals surface area (Å²) in [5, 5.41) is 4.64. The highest BCUT2D eigenvalue weighted by Gasteiger charge is 2.29. The highest BCUT2D eigenvalue weighted by Crippen LogP contribution is 2.26. The fourth-order valence-corrected chi connectivity index (χ4v) is 4.29. The number of sulfonamides is 1. The van der Waals surface area contributed by atoms with Crippen LogP contribution in [-0.2, 0) is 29.4 Å². The molecule has 0 bridgehead atoms. The number of nitrogens with one attached hydrogen (secondary N) is 1. The molecule has 8 heteroatoms. The second kappa shape index (κ2) is 6.84. The molecule has 0 fully saturated rings. The Morgan fingerprint density at radius 1 is 1.33 bits per heavy atom. The fourth-order valence-electron chi connectivity index (χ4n) is 2.89. The standard InChI is InChI=1S/C16H20ClN3O3S/c1-20(2)10-15-14-9-12(5-8-16(14)23-18-15)19-24(21,22)13-6-3-11(17)4-7-13/h3-4,6-7,12,19H,5,8-10H2,1-2H3. The number of benzene rings is 1. The van der Waals surface area contributed by atoms with Crippen LogP contribution < -0.4 is 4.72 Å². The van der Waals surface area contributed by atoms with Gasteiger partial charge in [0, 0.05) is 29.6 Å². The second-order valence-corrected chi connectivity index (χ2v) is 8.43. The van der Waals surface area contributed by atoms with Crippen LogP contribution in [0.4, 0.5) is 0 Å². The van der Waals surface area contributed by atoms with E-state index in [4.69, 9.17) is 16.1 Å². The lowest BCUT2D eigenvalue weighted by atomic mass is 9.92. The van der Waals surface area contributed by atoms with Crippen molar-refractivity contribution in [3.8, 4) is 0 Å². The van der Waals surface area contributed by atoms with Gasteiger partial charge in [0.25, 0.3) is 0 Å². The van der Waals surface area contributed by atoms with Crippen LogP contribution >= 0.6 is 11.6 Å². The number of nitrogens with zero attached hydrogens (tertiary/aromatic N) is 2. The van der Waals surface area contributed by atoms with Gasteiger partial charge in [-0.25, -0.2) is 13.1 Å². The van der Waals surface area contributed by atoms with Gasteiger partial charge in [0.15, 0.2) is 0 Å². The largest absolute Gasteiger partial charge is 0.361 e. The van der Waals surface area contributed by atoms with Gasteiger partial charge in [-0.1, -0.05) is 16.8 Å². The molecule has 1 aliphatic carbocycles. The zero-order valence-corrected chi connectivity index (χ0v) is 15.2. The number of halogens is 1. The van der Waals surface area contributed by atoms with Gasteiger partial charge in [-0.2, -0.15) is 0 Å². The Morgan fingerprint density at radius 2 is 2.04 bits per heavy atom. The third-order valence-corrected chi connectivity index (χ3v) is 5.82. The van der Waals surface area contributed by atoms with Crippen molar-refractivity contribution in [2.45, 2.75) is 36.7 Å². The van der Waals surface area contributed by atoms with Gasteiger partial charge in [0.05, 0.1) is 4.90 Å². The van der Waals surface area contributed by atoms with Gasteiger partial charge in [0.2, 0.25) is 10.0 Å². The molecule has 1 unspecified atom stereocenters. The van der Waals surface area contributed by atoms with Crippen molar-refractivity contribution in [2.24, 2.45) is 0 Å². The molecule has 0 saturated heterocycles. The van der Waals surface area contributed by atoms with E-state index in [1.54, 1.807) is 12.1 Å². The first-order valence-electron chi connectivity index (χ1n) is 7.74. The molecule has 0 amide bonds. The molecule has 24 heavy (non-hydrogen) atoms. The Morgan fingerprint density at radius 3 is 2.71 bits per heavy atom. The predicted octanol–water partition coefficient (Wildman–Crippen LogP) is 2.23. The normalized spacial score (nSPS) is 17.9. The number of hydrogen-bond donors (Lipinski definition) is 1. The lowest BCUT2D eigenvalue weighted by Gasteiger charge is -2.23. The number of aromatic nitrogens is 1. The monoisotopic (exact) mass is 369 g/mol. The first kappa shape index (κ1) is 17.4. The Hall–Kier alpha value is -1.41. The molecule has 1 atom stereocenters. The third kappa shape index (κ3) is 3.80. The van der Waals surface area contributed by atoms with Crippen molar-refractivity contribution in [1.29, 1.82) is 0 Å². The van der Waals surface area contributed by atoms with E-state index in [9.17, 15) is 8.42 Å². The van der Waals surface area contributed by atoms with Gasteiger partial charge in [-0.3, -0.25) is 0 Å². The summed E-state index contributed by atoms with van der Waals surface area (Å²) in [6.07, 6.45) is 1.97. The fraction of sp³-hybridized carbons (Fsp3) is 0.438. The Labute approximate surface area is 146 Å². The Kier molecular flexibility index (Phi) is 4.96. The summed E-state index contributed by atoms with van der Waals surface area (Å²) in [5.74, 6) is 0.869. The van der Waals surface area contributed by atoms with Gasteiger partial charge >= 0.3 is 0 Å². The molecule has 1 aromatic heterocycles. The maximum absolute atomic E-state index is 12.5. The van der Waals surface area contributed by atoms with Crippen molar-refractivity contribution in [2.75, 3.05) is 14.1 Å². The number of fused-ring (bicyclic) bond motifs is 1. The number of hydrogen-bond acceptors (Lipinski definition) is 5. The van der Waals surface area contributed by atoms with E-state index in [0.717, 1.165) is 17.0 Å². The maximum Gasteiger partial charge on any atom is 0.240 e. The smallest absolute Gasteiger partial charge is 0.240 e. The molecule has 6 nitrogen and oxygen atoms in total. The average molecular weight is 370 g/mol. The van der Waals surface area contributed by atoms with Crippen LogP contribution in [0.1, 0.15) is 23.4 Å². The van der Waals surface area contributed by atoms with Crippen molar-refractivity contribution >= 4 is 21.6 Å². The molecule has 1 N–H and O–H groups in total. The highest BCUT2D eigenvalue weighted by molar-refractivity contribution is 7.89. The molecule has 1 heterocycles. The van der Waals surface area contributed by atoms with Crippen LogP contribution in [0.3, 0.4) is 0 Å². The molecule has 0 radical (unpaired) electrons. The van der Waals surface area contributed by atoms with E-state index < -0.39 is 10.0 Å². The molecule has 130 valence electrons. The molecule has 0 aliphatic heterocycles. The molecular formula is C16H20ClN3O3S. The summed E-state index contributed by atoms with van der Waals surface area (Å²) in [7, 11) is 0.358. The van der Waals surface area contributed by atoms with Crippen LogP contribution in [0.2, 0.25) is 5.02 Å². The molecule has 1 aliphatic rings. The Bertz CT molecular complexity index is 816. The minimum Gasteiger partial charge on any atom is -0.361 e. The summed E-state index contributed by atoms with van der Waals surface area (Å²) in [6.45, 7) is 0.676. The van der Waals surface area contributed by atoms with Crippen LogP contribution in [0.25, 0.3) is 0 Å². The topological polar surface area (TPSA) is 75.4 Å². The van der Waals surface area contributed by atoms with Gasteiger partial charge in [-0.05, 0) is 51.2 Å². The van der Waals surface area contributed by atoms with Crippen LogP contribution in [-0.4, -0.2) is 38.6 Å². The number of rotatable bonds is 5. The van der Waals surface area contributed by atoms with Crippen LogP contribution in [0, 0.1) is 0 Å². The average Bonchev–Trinajstić information content (AvgIpc) is 2.89. The van der Waals surface area contributed by atoms with E-state index >= 15 is 0 Å². The quantitative estimate of drug-likeness (QED) is 0.874. The highest BCUT2D eigenvalue weighted by atomic mass is 35.5. The SMILES string of the molecule is CN(C)Cc1noc2c1CC(NS(=O)(=O)c1ccc(Cl)cc1)CC2. The van der Waals surface area contributed by atoms with Gasteiger partial charge in [0.1, 0.15) is 11.5 Å². The van der Waals surface area contributed by atoms with Crippen molar-refractivity contribution < 1.29 is 12.9 Å². The summed E-state index contributed by atoms with van der Waals surface area (Å²) in [5.41, 5.74) is 1.91. The first-order chi connectivity index (χ1) is 11.3. The third-order valence-electron chi connectivity index (χ3n) is 4.03.